The highest BCUT2D eigenvalue weighted by molar-refractivity contribution is 5.76. The fourth-order valence-corrected chi connectivity index (χ4v) is 0.383. The molecule has 2 nitrogen and oxygen atoms in total. The third-order valence-electron chi connectivity index (χ3n) is 1.67. The van der Waals surface area contributed by atoms with Gasteiger partial charge in [0, 0.05) is 0 Å². The van der Waals surface area contributed by atoms with Crippen LogP contribution < -0.4 is 0 Å². The molecule has 0 saturated carbocycles. The zero-order chi connectivity index (χ0) is 7.49. The van der Waals surface area contributed by atoms with Crippen LogP contribution in [0.2, 0.25) is 0 Å². The van der Waals surface area contributed by atoms with Gasteiger partial charge in [-0.15, -0.1) is 6.58 Å². The number of rotatable bonds is 3. The maximum absolute atomic E-state index is 10.4. The Kier molecular flexibility index (Phi) is 2.43. The first-order valence-electron chi connectivity index (χ1n) is 2.94. The summed E-state index contributed by atoms with van der Waals surface area (Å²) in [4.78, 5) is 10.4. The molecule has 0 heterocycles. The van der Waals surface area contributed by atoms with Crippen LogP contribution in [-0.2, 0) is 4.79 Å². The molecule has 0 aromatic heterocycles. The van der Waals surface area contributed by atoms with Gasteiger partial charge in [0.2, 0.25) is 0 Å². The average Bonchev–Trinajstić information content (AvgIpc) is 1.86. The van der Waals surface area contributed by atoms with Crippen LogP contribution in [0.4, 0.5) is 0 Å². The first kappa shape index (κ1) is 8.21. The Balaban J connectivity index is 4.27. The molecule has 0 amide bonds. The summed E-state index contributed by atoms with van der Waals surface area (Å²) < 4.78 is 0. The SMILES string of the molecule is C=CC(C)(CC)C(=O)O. The lowest BCUT2D eigenvalue weighted by atomic mass is 9.88. The average molecular weight is 128 g/mol. The molecule has 0 aromatic carbocycles. The van der Waals surface area contributed by atoms with Gasteiger partial charge in [0.1, 0.15) is 0 Å². The van der Waals surface area contributed by atoms with E-state index < -0.39 is 11.4 Å². The molecule has 0 fully saturated rings. The largest absolute Gasteiger partial charge is 0.481 e. The van der Waals surface area contributed by atoms with Gasteiger partial charge in [-0.25, -0.2) is 0 Å². The van der Waals surface area contributed by atoms with E-state index in [1.165, 1.54) is 6.08 Å². The van der Waals surface area contributed by atoms with Gasteiger partial charge < -0.3 is 5.11 Å². The van der Waals surface area contributed by atoms with Crippen molar-refractivity contribution in [3.8, 4) is 0 Å². The van der Waals surface area contributed by atoms with Gasteiger partial charge in [0.15, 0.2) is 0 Å². The van der Waals surface area contributed by atoms with Gasteiger partial charge >= 0.3 is 5.97 Å². The molecule has 0 bridgehead atoms. The monoisotopic (exact) mass is 128 g/mol. The van der Waals surface area contributed by atoms with Crippen molar-refractivity contribution in [2.24, 2.45) is 5.41 Å². The molecule has 0 aliphatic heterocycles. The molecule has 0 radical (unpaired) electrons. The number of carboxylic acids is 1. The van der Waals surface area contributed by atoms with Gasteiger partial charge in [-0.05, 0) is 13.3 Å². The molecular weight excluding hydrogens is 116 g/mol. The van der Waals surface area contributed by atoms with Crippen LogP contribution in [0.1, 0.15) is 20.3 Å². The van der Waals surface area contributed by atoms with Crippen LogP contribution in [0.25, 0.3) is 0 Å². The highest BCUT2D eigenvalue weighted by Gasteiger charge is 2.26. The zero-order valence-corrected chi connectivity index (χ0v) is 5.85. The lowest BCUT2D eigenvalue weighted by molar-refractivity contribution is -0.145. The summed E-state index contributed by atoms with van der Waals surface area (Å²) in [7, 11) is 0. The Morgan fingerprint density at radius 3 is 2.33 bits per heavy atom. The summed E-state index contributed by atoms with van der Waals surface area (Å²) in [5.74, 6) is -0.806. The Labute approximate surface area is 55.2 Å². The third-order valence-corrected chi connectivity index (χ3v) is 1.67. The Morgan fingerprint density at radius 1 is 1.89 bits per heavy atom. The molecule has 0 aromatic rings. The number of hydrogen-bond acceptors (Lipinski definition) is 1. The van der Waals surface area contributed by atoms with Crippen LogP contribution in [0.5, 0.6) is 0 Å². The molecule has 0 spiro atoms. The van der Waals surface area contributed by atoms with Crippen molar-refractivity contribution in [2.45, 2.75) is 20.3 Å². The van der Waals surface area contributed by atoms with E-state index in [1.54, 1.807) is 6.92 Å². The lowest BCUT2D eigenvalue weighted by Crippen LogP contribution is -2.23. The van der Waals surface area contributed by atoms with Crippen molar-refractivity contribution in [3.05, 3.63) is 12.7 Å². The Bertz CT molecular complexity index is 129. The molecule has 0 saturated heterocycles. The van der Waals surface area contributed by atoms with Crippen LogP contribution >= 0.6 is 0 Å². The van der Waals surface area contributed by atoms with Crippen molar-refractivity contribution in [3.63, 3.8) is 0 Å². The molecule has 1 N–H and O–H groups in total. The molecule has 0 rings (SSSR count). The maximum atomic E-state index is 10.4. The van der Waals surface area contributed by atoms with E-state index in [2.05, 4.69) is 6.58 Å². The quantitative estimate of drug-likeness (QED) is 0.587. The maximum Gasteiger partial charge on any atom is 0.313 e. The van der Waals surface area contributed by atoms with E-state index in [1.807, 2.05) is 6.92 Å². The Morgan fingerprint density at radius 2 is 2.33 bits per heavy atom. The standard InChI is InChI=1S/C7H12O2/c1-4-7(3,5-2)6(8)9/h4H,1,5H2,2-3H3,(H,8,9). The van der Waals surface area contributed by atoms with Crippen molar-refractivity contribution in [1.82, 2.24) is 0 Å². The van der Waals surface area contributed by atoms with Crippen LogP contribution in [0.3, 0.4) is 0 Å². The number of carboxylic acid groups (broad SMARTS) is 1. The first-order valence-corrected chi connectivity index (χ1v) is 2.94. The van der Waals surface area contributed by atoms with Crippen molar-refractivity contribution in [1.29, 1.82) is 0 Å². The van der Waals surface area contributed by atoms with Crippen molar-refractivity contribution in [2.75, 3.05) is 0 Å². The van der Waals surface area contributed by atoms with E-state index in [9.17, 15) is 4.79 Å². The van der Waals surface area contributed by atoms with Gasteiger partial charge in [-0.1, -0.05) is 13.0 Å². The second-order valence-corrected chi connectivity index (χ2v) is 2.28. The minimum atomic E-state index is -0.806. The van der Waals surface area contributed by atoms with E-state index in [0.717, 1.165) is 0 Å². The molecule has 0 aliphatic carbocycles. The topological polar surface area (TPSA) is 37.3 Å². The molecular formula is C7H12O2. The minimum Gasteiger partial charge on any atom is -0.481 e. The van der Waals surface area contributed by atoms with E-state index in [4.69, 9.17) is 5.11 Å². The molecule has 52 valence electrons. The van der Waals surface area contributed by atoms with E-state index in [-0.39, 0.29) is 0 Å². The van der Waals surface area contributed by atoms with Crippen molar-refractivity contribution < 1.29 is 9.90 Å². The van der Waals surface area contributed by atoms with Gasteiger partial charge in [-0.3, -0.25) is 4.79 Å². The summed E-state index contributed by atoms with van der Waals surface area (Å²) in [6.45, 7) is 6.93. The molecule has 0 aliphatic rings. The van der Waals surface area contributed by atoms with E-state index in [0.29, 0.717) is 6.42 Å². The third kappa shape index (κ3) is 1.56. The Hall–Kier alpha value is -0.790. The predicted octanol–water partition coefficient (Wildman–Crippen LogP) is 1.67. The molecule has 2 heteroatoms. The number of hydrogen-bond donors (Lipinski definition) is 1. The normalized spacial score (nSPS) is 16.2. The first-order chi connectivity index (χ1) is 4.06. The fraction of sp³-hybridized carbons (Fsp3) is 0.571. The summed E-state index contributed by atoms with van der Waals surface area (Å²) in [6.07, 6.45) is 2.06. The minimum absolute atomic E-state index is 0.589. The molecule has 9 heavy (non-hydrogen) atoms. The fourth-order valence-electron chi connectivity index (χ4n) is 0.383. The molecule has 1 unspecified atom stereocenters. The smallest absolute Gasteiger partial charge is 0.313 e. The van der Waals surface area contributed by atoms with Gasteiger partial charge in [0.25, 0.3) is 0 Å². The summed E-state index contributed by atoms with van der Waals surface area (Å²) in [5.41, 5.74) is -0.736. The van der Waals surface area contributed by atoms with Crippen LogP contribution in [-0.4, -0.2) is 11.1 Å². The summed E-state index contributed by atoms with van der Waals surface area (Å²) >= 11 is 0. The zero-order valence-electron chi connectivity index (χ0n) is 5.85. The van der Waals surface area contributed by atoms with Crippen LogP contribution in [0, 0.1) is 5.41 Å². The van der Waals surface area contributed by atoms with Gasteiger partial charge in [0.05, 0.1) is 5.41 Å². The second-order valence-electron chi connectivity index (χ2n) is 2.28. The summed E-state index contributed by atoms with van der Waals surface area (Å²) in [5, 5.41) is 8.56. The highest BCUT2D eigenvalue weighted by atomic mass is 16.4. The second kappa shape index (κ2) is 2.67. The summed E-state index contributed by atoms with van der Waals surface area (Å²) in [6, 6.07) is 0. The number of aliphatic carboxylic acids is 1. The molecule has 1 atom stereocenters. The lowest BCUT2D eigenvalue weighted by Gasteiger charge is -2.16. The predicted molar refractivity (Wildman–Crippen MR) is 36.2 cm³/mol. The van der Waals surface area contributed by atoms with E-state index >= 15 is 0 Å². The van der Waals surface area contributed by atoms with Crippen LogP contribution in [0.15, 0.2) is 12.7 Å². The highest BCUT2D eigenvalue weighted by Crippen LogP contribution is 2.21. The number of carbonyl (C=O) groups is 1. The van der Waals surface area contributed by atoms with Gasteiger partial charge in [-0.2, -0.15) is 0 Å². The van der Waals surface area contributed by atoms with Crippen molar-refractivity contribution >= 4 is 5.97 Å².